The molecule has 3 heterocycles. The molecule has 2 bridgehead atoms. The third-order valence-electron chi connectivity index (χ3n) is 5.51. The van der Waals surface area contributed by atoms with Crippen molar-refractivity contribution in [3.8, 4) is 5.75 Å². The van der Waals surface area contributed by atoms with Crippen LogP contribution in [0.5, 0.6) is 5.75 Å². The number of fused-ring (bicyclic) bond motifs is 2. The molecule has 4 rings (SSSR count). The molecule has 4 atom stereocenters. The fourth-order valence-corrected chi connectivity index (χ4v) is 4.40. The second-order valence-electron chi connectivity index (χ2n) is 7.23. The van der Waals surface area contributed by atoms with Crippen molar-refractivity contribution in [3.05, 3.63) is 47.7 Å². The molecular weight excluding hydrogens is 398 g/mol. The van der Waals surface area contributed by atoms with Crippen molar-refractivity contribution >= 4 is 22.8 Å². The number of esters is 1. The van der Waals surface area contributed by atoms with Crippen molar-refractivity contribution in [1.29, 1.82) is 0 Å². The Morgan fingerprint density at radius 3 is 2.79 bits per heavy atom. The average Bonchev–Trinajstić information content (AvgIpc) is 3.43. The van der Waals surface area contributed by atoms with E-state index in [1.165, 1.54) is 6.26 Å². The van der Waals surface area contributed by atoms with Gasteiger partial charge in [-0.3, -0.25) is 4.79 Å². The molecule has 0 aliphatic carbocycles. The van der Waals surface area contributed by atoms with Crippen LogP contribution in [0.2, 0.25) is 0 Å². The molecule has 0 saturated carbocycles. The Hall–Kier alpha value is -2.38. The molecule has 2 saturated heterocycles. The van der Waals surface area contributed by atoms with Crippen molar-refractivity contribution in [2.24, 2.45) is 5.92 Å². The van der Waals surface area contributed by atoms with Gasteiger partial charge in [0, 0.05) is 5.92 Å². The average molecular weight is 420 g/mol. The minimum absolute atomic E-state index is 0.00883. The smallest absolute Gasteiger partial charge is 0.344 e. The van der Waals surface area contributed by atoms with Gasteiger partial charge in [-0.15, -0.1) is 0 Å². The van der Waals surface area contributed by atoms with E-state index in [1.54, 1.807) is 6.92 Å². The predicted molar refractivity (Wildman–Crippen MR) is 103 cm³/mol. The molecule has 0 amide bonds. The fraction of sp³-hybridized carbons (Fsp3) is 0.476. The van der Waals surface area contributed by atoms with Crippen LogP contribution in [0, 0.1) is 5.92 Å². The first-order valence-electron chi connectivity index (χ1n) is 9.73. The number of nitrogens with zero attached hydrogens (tertiary/aromatic N) is 1. The number of hydrogen-bond donors (Lipinski definition) is 0. The molecule has 1 aromatic carbocycles. The Morgan fingerprint density at radius 2 is 2.03 bits per heavy atom. The predicted octanol–water partition coefficient (Wildman–Crippen LogP) is 3.50. The van der Waals surface area contributed by atoms with Crippen LogP contribution >= 0.6 is 11.6 Å². The van der Waals surface area contributed by atoms with Gasteiger partial charge in [-0.05, 0) is 49.4 Å². The largest absolute Gasteiger partial charge is 0.482 e. The first-order chi connectivity index (χ1) is 14.1. The highest BCUT2D eigenvalue weighted by Gasteiger charge is 2.51. The molecule has 0 radical (unpaired) electrons. The Morgan fingerprint density at radius 1 is 1.24 bits per heavy atom. The Kier molecular flexibility index (Phi) is 5.87. The van der Waals surface area contributed by atoms with Crippen molar-refractivity contribution < 1.29 is 28.2 Å². The molecule has 1 aromatic heterocycles. The van der Waals surface area contributed by atoms with E-state index in [-0.39, 0.29) is 36.3 Å². The second kappa shape index (κ2) is 8.55. The van der Waals surface area contributed by atoms with Crippen LogP contribution < -0.4 is 4.74 Å². The van der Waals surface area contributed by atoms with Gasteiger partial charge in [-0.25, -0.2) is 9.78 Å². The topological polar surface area (TPSA) is 87.9 Å². The summed E-state index contributed by atoms with van der Waals surface area (Å²) in [7, 11) is 0. The van der Waals surface area contributed by atoms with Crippen LogP contribution in [0.25, 0.3) is 0 Å². The van der Waals surface area contributed by atoms with E-state index in [1.807, 2.05) is 24.3 Å². The third kappa shape index (κ3) is 4.16. The zero-order valence-electron chi connectivity index (χ0n) is 16.0. The maximum atomic E-state index is 11.6. The Labute approximate surface area is 173 Å². The van der Waals surface area contributed by atoms with E-state index in [0.717, 1.165) is 18.4 Å². The number of aromatic nitrogens is 1. The monoisotopic (exact) mass is 419 g/mol. The minimum Gasteiger partial charge on any atom is -0.482 e. The highest BCUT2D eigenvalue weighted by molar-refractivity contribution is 6.67. The van der Waals surface area contributed by atoms with E-state index in [4.69, 9.17) is 30.2 Å². The summed E-state index contributed by atoms with van der Waals surface area (Å²) in [5.74, 6) is 0.790. The number of benzene rings is 1. The van der Waals surface area contributed by atoms with Gasteiger partial charge < -0.3 is 18.6 Å². The Bertz CT molecular complexity index is 897. The van der Waals surface area contributed by atoms with Gasteiger partial charge in [0.15, 0.2) is 12.3 Å². The van der Waals surface area contributed by atoms with Crippen LogP contribution in [0.15, 0.2) is 34.9 Å². The second-order valence-corrected chi connectivity index (χ2v) is 7.57. The molecule has 29 heavy (non-hydrogen) atoms. The minimum atomic E-state index is -0.640. The number of oxazole rings is 1. The van der Waals surface area contributed by atoms with E-state index in [0.29, 0.717) is 24.7 Å². The maximum Gasteiger partial charge on any atom is 0.344 e. The van der Waals surface area contributed by atoms with Crippen LogP contribution in [0.1, 0.15) is 47.6 Å². The maximum absolute atomic E-state index is 11.6. The summed E-state index contributed by atoms with van der Waals surface area (Å²) in [5, 5.41) is -0.640. The van der Waals surface area contributed by atoms with E-state index in [2.05, 4.69) is 4.98 Å². The van der Waals surface area contributed by atoms with Gasteiger partial charge in [-0.1, -0.05) is 18.2 Å². The standard InChI is InChI=1S/C21H22ClNO6/c1-2-26-18(24)11-27-15-6-4-3-5-12(15)9-13-16-7-8-17(29-16)19(13)21-23-14(10-28-21)20(22)25/h3-6,10,13,16-17,19H,2,7-9,11H2,1H3/t13-,16-,17+,19-/m0/s1. The number of ether oxygens (including phenoxy) is 3. The summed E-state index contributed by atoms with van der Waals surface area (Å²) in [6.45, 7) is 1.94. The van der Waals surface area contributed by atoms with Crippen molar-refractivity contribution in [1.82, 2.24) is 4.98 Å². The van der Waals surface area contributed by atoms with E-state index < -0.39 is 11.2 Å². The fourth-order valence-electron chi connectivity index (χ4n) is 4.31. The molecule has 2 aliphatic heterocycles. The highest BCUT2D eigenvalue weighted by Crippen LogP contribution is 2.50. The van der Waals surface area contributed by atoms with Crippen LogP contribution in [0.3, 0.4) is 0 Å². The molecule has 8 heteroatoms. The number of rotatable bonds is 8. The zero-order valence-corrected chi connectivity index (χ0v) is 16.8. The van der Waals surface area contributed by atoms with Gasteiger partial charge in [0.2, 0.25) is 5.89 Å². The lowest BCUT2D eigenvalue weighted by molar-refractivity contribution is -0.145. The molecule has 0 unspecified atom stereocenters. The summed E-state index contributed by atoms with van der Waals surface area (Å²) >= 11 is 5.52. The third-order valence-corrected chi connectivity index (χ3v) is 5.71. The molecule has 7 nitrogen and oxygen atoms in total. The lowest BCUT2D eigenvalue weighted by Gasteiger charge is -2.26. The summed E-state index contributed by atoms with van der Waals surface area (Å²) in [6.07, 6.45) is 3.97. The summed E-state index contributed by atoms with van der Waals surface area (Å²) in [4.78, 5) is 27.3. The van der Waals surface area contributed by atoms with Crippen molar-refractivity contribution in [3.63, 3.8) is 0 Å². The Balaban J connectivity index is 1.53. The van der Waals surface area contributed by atoms with Gasteiger partial charge in [-0.2, -0.15) is 0 Å². The molecule has 0 spiro atoms. The van der Waals surface area contributed by atoms with Gasteiger partial charge in [0.1, 0.15) is 12.0 Å². The van der Waals surface area contributed by atoms with Crippen LogP contribution in [-0.2, 0) is 20.7 Å². The number of hydrogen-bond acceptors (Lipinski definition) is 7. The summed E-state index contributed by atoms with van der Waals surface area (Å²) in [5.41, 5.74) is 1.09. The zero-order chi connectivity index (χ0) is 20.4. The highest BCUT2D eigenvalue weighted by atomic mass is 35.5. The van der Waals surface area contributed by atoms with Crippen molar-refractivity contribution in [2.75, 3.05) is 13.2 Å². The number of carbonyl (C=O) groups excluding carboxylic acids is 2. The first-order valence-corrected chi connectivity index (χ1v) is 10.1. The molecular formula is C21H22ClNO6. The van der Waals surface area contributed by atoms with E-state index >= 15 is 0 Å². The van der Waals surface area contributed by atoms with Gasteiger partial charge in [0.25, 0.3) is 5.24 Å². The lowest BCUT2D eigenvalue weighted by atomic mass is 9.76. The summed E-state index contributed by atoms with van der Waals surface area (Å²) < 4.78 is 22.3. The number of halogens is 1. The number of para-hydroxylation sites is 1. The molecule has 2 aromatic rings. The number of carbonyl (C=O) groups is 2. The van der Waals surface area contributed by atoms with Crippen LogP contribution in [0.4, 0.5) is 0 Å². The van der Waals surface area contributed by atoms with Crippen molar-refractivity contribution in [2.45, 2.75) is 44.3 Å². The van der Waals surface area contributed by atoms with Gasteiger partial charge in [0.05, 0.1) is 24.7 Å². The SMILES string of the molecule is CCOC(=O)COc1ccccc1C[C@@H]1[C@H](c2nc(C(=O)Cl)co2)[C@H]2CC[C@@H]1O2. The molecule has 2 aliphatic rings. The normalized spacial score (nSPS) is 25.2. The lowest BCUT2D eigenvalue weighted by Crippen LogP contribution is -2.28. The van der Waals surface area contributed by atoms with Crippen LogP contribution in [-0.4, -0.2) is 41.6 Å². The molecule has 2 fully saturated rings. The first kappa shape index (κ1) is 19.9. The molecule has 154 valence electrons. The quantitative estimate of drug-likeness (QED) is 0.478. The van der Waals surface area contributed by atoms with Gasteiger partial charge >= 0.3 is 5.97 Å². The van der Waals surface area contributed by atoms with E-state index in [9.17, 15) is 9.59 Å². The summed E-state index contributed by atoms with van der Waals surface area (Å²) in [6, 6.07) is 7.62. The molecule has 0 N–H and O–H groups in total.